The molecule has 3 rings (SSSR count). The molecule has 0 spiro atoms. The van der Waals surface area contributed by atoms with Crippen LogP contribution in [0.25, 0.3) is 0 Å². The van der Waals surface area contributed by atoms with Crippen molar-refractivity contribution in [2.75, 3.05) is 19.8 Å². The van der Waals surface area contributed by atoms with E-state index in [1.165, 1.54) is 24.3 Å². The number of carbonyl (C=O) groups excluding carboxylic acids is 1. The number of hydrogen-bond acceptors (Lipinski definition) is 4. The highest BCUT2D eigenvalue weighted by Crippen LogP contribution is 2.38. The summed E-state index contributed by atoms with van der Waals surface area (Å²) in [4.78, 5) is 12.1. The lowest BCUT2D eigenvalue weighted by atomic mass is 10.1. The molecule has 26 heavy (non-hydrogen) atoms. The Morgan fingerprint density at radius 2 is 1.92 bits per heavy atom. The van der Waals surface area contributed by atoms with Crippen molar-refractivity contribution in [1.82, 2.24) is 5.32 Å². The average Bonchev–Trinajstić information content (AvgIpc) is 2.62. The smallest absolute Gasteiger partial charge is 0.387 e. The molecule has 0 unspecified atom stereocenters. The Kier molecular flexibility index (Phi) is 5.78. The number of carbonyl (C=O) groups is 1. The molecule has 0 saturated heterocycles. The van der Waals surface area contributed by atoms with Crippen molar-refractivity contribution in [1.29, 1.82) is 0 Å². The van der Waals surface area contributed by atoms with Crippen LogP contribution in [0.4, 0.5) is 8.78 Å². The van der Waals surface area contributed by atoms with E-state index in [-0.39, 0.29) is 11.7 Å². The van der Waals surface area contributed by atoms with E-state index in [2.05, 4.69) is 10.1 Å². The lowest BCUT2D eigenvalue weighted by Crippen LogP contribution is -2.25. The first-order chi connectivity index (χ1) is 12.5. The fourth-order valence-corrected chi connectivity index (χ4v) is 2.81. The van der Waals surface area contributed by atoms with Crippen molar-refractivity contribution in [2.45, 2.75) is 13.0 Å². The number of alkyl halides is 2. The fraction of sp³-hybridized carbons (Fsp3) is 0.278. The van der Waals surface area contributed by atoms with E-state index in [1.54, 1.807) is 6.07 Å². The summed E-state index contributed by atoms with van der Waals surface area (Å²) in [5, 5.41) is 3.23. The van der Waals surface area contributed by atoms with Crippen LogP contribution in [0.3, 0.4) is 0 Å². The molecule has 1 N–H and O–H groups in total. The zero-order chi connectivity index (χ0) is 18.5. The summed E-state index contributed by atoms with van der Waals surface area (Å²) in [5.74, 6) is 0.830. The summed E-state index contributed by atoms with van der Waals surface area (Å²) in [5.41, 5.74) is 1.26. The summed E-state index contributed by atoms with van der Waals surface area (Å²) in [6, 6.07) is 9.10. The molecule has 2 aromatic carbocycles. The molecular weight excluding hydrogens is 368 g/mol. The van der Waals surface area contributed by atoms with E-state index < -0.39 is 6.61 Å². The first-order valence-corrected chi connectivity index (χ1v) is 8.32. The van der Waals surface area contributed by atoms with Crippen LogP contribution in [-0.2, 0) is 6.42 Å². The molecule has 1 amide bonds. The molecule has 0 atom stereocenters. The minimum absolute atomic E-state index is 0.00229. The SMILES string of the molecule is O=C(NCCc1cc(Cl)c2c(c1)OCCO2)c1ccc(OC(F)F)cc1. The number of amides is 1. The van der Waals surface area contributed by atoms with Crippen LogP contribution in [-0.4, -0.2) is 32.3 Å². The Morgan fingerprint density at radius 1 is 1.19 bits per heavy atom. The van der Waals surface area contributed by atoms with E-state index in [9.17, 15) is 13.6 Å². The third-order valence-electron chi connectivity index (χ3n) is 3.70. The van der Waals surface area contributed by atoms with Gasteiger partial charge in [0, 0.05) is 12.1 Å². The Labute approximate surface area is 153 Å². The number of nitrogens with one attached hydrogen (secondary N) is 1. The highest BCUT2D eigenvalue weighted by molar-refractivity contribution is 6.32. The molecule has 2 aromatic rings. The van der Waals surface area contributed by atoms with Gasteiger partial charge in [0.1, 0.15) is 19.0 Å². The maximum absolute atomic E-state index is 12.1. The van der Waals surface area contributed by atoms with Gasteiger partial charge in [0.2, 0.25) is 0 Å². The molecule has 1 aliphatic rings. The molecule has 1 aliphatic heterocycles. The molecular formula is C18H16ClF2NO4. The van der Waals surface area contributed by atoms with Gasteiger partial charge in [-0.15, -0.1) is 0 Å². The summed E-state index contributed by atoms with van der Waals surface area (Å²) >= 11 is 6.18. The van der Waals surface area contributed by atoms with Gasteiger partial charge in [-0.25, -0.2) is 0 Å². The topological polar surface area (TPSA) is 56.8 Å². The lowest BCUT2D eigenvalue weighted by molar-refractivity contribution is -0.0498. The van der Waals surface area contributed by atoms with Crippen LogP contribution in [0.15, 0.2) is 36.4 Å². The standard InChI is InChI=1S/C18H16ClF2NO4/c19-14-9-11(10-15-16(14)25-8-7-24-15)5-6-22-17(23)12-1-3-13(4-2-12)26-18(20)21/h1-4,9-10,18H,5-8H2,(H,22,23). The Balaban J connectivity index is 1.54. The number of hydrogen-bond donors (Lipinski definition) is 1. The summed E-state index contributed by atoms with van der Waals surface area (Å²) in [6.07, 6.45) is 0.550. The van der Waals surface area contributed by atoms with Crippen LogP contribution in [0.2, 0.25) is 5.02 Å². The summed E-state index contributed by atoms with van der Waals surface area (Å²) in [7, 11) is 0. The van der Waals surface area contributed by atoms with Crippen LogP contribution in [0, 0.1) is 0 Å². The molecule has 1 heterocycles. The third-order valence-corrected chi connectivity index (χ3v) is 3.98. The molecule has 0 saturated carbocycles. The van der Waals surface area contributed by atoms with Gasteiger partial charge in [0.15, 0.2) is 11.5 Å². The van der Waals surface area contributed by atoms with Gasteiger partial charge in [-0.1, -0.05) is 11.6 Å². The molecule has 138 valence electrons. The fourth-order valence-electron chi connectivity index (χ4n) is 2.52. The number of ether oxygens (including phenoxy) is 3. The maximum Gasteiger partial charge on any atom is 0.387 e. The van der Waals surface area contributed by atoms with E-state index in [0.29, 0.717) is 48.3 Å². The maximum atomic E-state index is 12.1. The van der Waals surface area contributed by atoms with Gasteiger partial charge in [-0.05, 0) is 48.4 Å². The molecule has 0 aliphatic carbocycles. The molecule has 0 aromatic heterocycles. The van der Waals surface area contributed by atoms with E-state index >= 15 is 0 Å². The molecule has 5 nitrogen and oxygen atoms in total. The molecule has 8 heteroatoms. The van der Waals surface area contributed by atoms with Gasteiger partial charge in [0.25, 0.3) is 5.91 Å². The zero-order valence-corrected chi connectivity index (χ0v) is 14.4. The second kappa shape index (κ2) is 8.23. The minimum Gasteiger partial charge on any atom is -0.486 e. The van der Waals surface area contributed by atoms with Gasteiger partial charge < -0.3 is 19.5 Å². The predicted octanol–water partition coefficient (Wildman–Crippen LogP) is 3.69. The quantitative estimate of drug-likeness (QED) is 0.826. The monoisotopic (exact) mass is 383 g/mol. The number of fused-ring (bicyclic) bond motifs is 1. The van der Waals surface area contributed by atoms with Crippen LogP contribution < -0.4 is 19.5 Å². The highest BCUT2D eigenvalue weighted by atomic mass is 35.5. The van der Waals surface area contributed by atoms with Crippen molar-refractivity contribution < 1.29 is 27.8 Å². The third kappa shape index (κ3) is 4.54. The first-order valence-electron chi connectivity index (χ1n) is 7.94. The zero-order valence-electron chi connectivity index (χ0n) is 13.6. The molecule has 0 bridgehead atoms. The summed E-state index contributed by atoms with van der Waals surface area (Å²) in [6.45, 7) is -1.59. The van der Waals surface area contributed by atoms with Crippen LogP contribution in [0.5, 0.6) is 17.2 Å². The summed E-state index contributed by atoms with van der Waals surface area (Å²) < 4.78 is 39.4. The van der Waals surface area contributed by atoms with E-state index in [0.717, 1.165) is 5.56 Å². The van der Waals surface area contributed by atoms with Crippen molar-refractivity contribution in [3.05, 3.63) is 52.5 Å². The van der Waals surface area contributed by atoms with Crippen LogP contribution in [0.1, 0.15) is 15.9 Å². The van der Waals surface area contributed by atoms with Gasteiger partial charge in [0.05, 0.1) is 5.02 Å². The molecule has 0 radical (unpaired) electrons. The van der Waals surface area contributed by atoms with E-state index in [4.69, 9.17) is 21.1 Å². The first kappa shape index (κ1) is 18.3. The molecule has 0 fully saturated rings. The van der Waals surface area contributed by atoms with Crippen molar-refractivity contribution >= 4 is 17.5 Å². The second-order valence-corrected chi connectivity index (χ2v) is 5.92. The number of benzene rings is 2. The number of rotatable bonds is 6. The van der Waals surface area contributed by atoms with Gasteiger partial charge in [-0.3, -0.25) is 4.79 Å². The van der Waals surface area contributed by atoms with Crippen molar-refractivity contribution in [3.8, 4) is 17.2 Å². The second-order valence-electron chi connectivity index (χ2n) is 5.51. The van der Waals surface area contributed by atoms with Gasteiger partial charge >= 0.3 is 6.61 Å². The Morgan fingerprint density at radius 3 is 2.65 bits per heavy atom. The van der Waals surface area contributed by atoms with Crippen molar-refractivity contribution in [3.63, 3.8) is 0 Å². The highest BCUT2D eigenvalue weighted by Gasteiger charge is 2.16. The van der Waals surface area contributed by atoms with Crippen molar-refractivity contribution in [2.24, 2.45) is 0 Å². The largest absolute Gasteiger partial charge is 0.486 e. The van der Waals surface area contributed by atoms with E-state index in [1.807, 2.05) is 6.07 Å². The van der Waals surface area contributed by atoms with Gasteiger partial charge in [-0.2, -0.15) is 8.78 Å². The Hall–Kier alpha value is -2.54. The normalized spacial score (nSPS) is 12.8. The lowest BCUT2D eigenvalue weighted by Gasteiger charge is -2.20. The average molecular weight is 384 g/mol. The van der Waals surface area contributed by atoms with Crippen LogP contribution >= 0.6 is 11.6 Å². The minimum atomic E-state index is -2.90. The Bertz CT molecular complexity index is 784. The predicted molar refractivity (Wildman–Crippen MR) is 91.6 cm³/mol. The number of halogens is 3.